The fourth-order valence-corrected chi connectivity index (χ4v) is 0. The van der Waals surface area contributed by atoms with Gasteiger partial charge in [0.05, 0.1) is 0 Å². The van der Waals surface area contributed by atoms with Gasteiger partial charge < -0.3 is 10.2 Å². The number of hydrogen-bond donors (Lipinski definition) is 2. The zero-order valence-electron chi connectivity index (χ0n) is 2.51. The number of hydrogen-bond acceptors (Lipinski definition) is 1. The molecule has 0 saturated carbocycles. The molecule has 0 fully saturated rings. The fraction of sp³-hybridized carbons (Fsp3) is 0. The van der Waals surface area contributed by atoms with Crippen molar-refractivity contribution in [2.24, 2.45) is 0 Å². The summed E-state index contributed by atoms with van der Waals surface area (Å²) in [7, 11) is 0. The van der Waals surface area contributed by atoms with E-state index in [4.69, 9.17) is 15.0 Å². The van der Waals surface area contributed by atoms with E-state index in [0.29, 0.717) is 0 Å². The third-order valence-electron chi connectivity index (χ3n) is 0. The van der Waals surface area contributed by atoms with E-state index in [2.05, 4.69) is 0 Å². The van der Waals surface area contributed by atoms with Crippen molar-refractivity contribution in [2.75, 3.05) is 0 Å². The molecule has 34 valence electrons. The average Bonchev–Trinajstić information content (AvgIpc) is 0.811. The van der Waals surface area contributed by atoms with Gasteiger partial charge in [-0.05, 0) is 0 Å². The van der Waals surface area contributed by atoms with Gasteiger partial charge in [0.15, 0.2) is 0 Å². The second kappa shape index (κ2) is 9.20. The third-order valence-corrected chi connectivity index (χ3v) is 0. The maximum absolute atomic E-state index is 8.56. The molecule has 0 aromatic rings. The van der Waals surface area contributed by atoms with E-state index in [0.717, 1.165) is 0 Å². The summed E-state index contributed by atoms with van der Waals surface area (Å²) in [5.41, 5.74) is 0. The summed E-state index contributed by atoms with van der Waals surface area (Å²) in [6.45, 7) is 0. The summed E-state index contributed by atoms with van der Waals surface area (Å²) >= 11 is 0. The topological polar surface area (TPSA) is 57.5 Å². The predicted molar refractivity (Wildman–Crippen MR) is 28.9 cm³/mol. The van der Waals surface area contributed by atoms with Crippen molar-refractivity contribution in [1.82, 2.24) is 0 Å². The molecule has 0 spiro atoms. The molecule has 0 aliphatic heterocycles. The van der Waals surface area contributed by atoms with Gasteiger partial charge in [0.1, 0.15) is 0 Å². The molecule has 0 rings (SSSR count). The molecule has 0 heterocycles. The van der Waals surface area contributed by atoms with Gasteiger partial charge in [0.25, 0.3) is 0 Å². The molecule has 0 aromatic carbocycles. The van der Waals surface area contributed by atoms with Gasteiger partial charge in [-0.3, -0.25) is 0 Å². The molecule has 6 heavy (non-hydrogen) atoms. The van der Waals surface area contributed by atoms with Crippen LogP contribution in [0.3, 0.4) is 0 Å². The van der Waals surface area contributed by atoms with E-state index in [9.17, 15) is 0 Å². The second-order valence-electron chi connectivity index (χ2n) is 0.283. The van der Waals surface area contributed by atoms with Crippen molar-refractivity contribution in [3.8, 4) is 0 Å². The van der Waals surface area contributed by atoms with Gasteiger partial charge in [-0.1, -0.05) is 0 Å². The van der Waals surface area contributed by atoms with Crippen LogP contribution in [0.2, 0.25) is 0 Å². The monoisotopic (exact) mass is 120 g/mol. The standard InChI is InChI=1S/CH2O3.Na.H3P.H/c2-1(3)4;;;/h(H2,2,3,4);;1H3;. The molecular weight excluding hydrogens is 114 g/mol. The first-order valence-electron chi connectivity index (χ1n) is 0.651. The Morgan fingerprint density at radius 3 is 1.33 bits per heavy atom. The number of carbonyl (C=O) groups is 1. The molecule has 0 radical (unpaired) electrons. The van der Waals surface area contributed by atoms with Crippen molar-refractivity contribution in [3.63, 3.8) is 0 Å². The van der Waals surface area contributed by atoms with Gasteiger partial charge in [-0.2, -0.15) is 9.90 Å². The van der Waals surface area contributed by atoms with Crippen molar-refractivity contribution in [2.45, 2.75) is 0 Å². The van der Waals surface area contributed by atoms with Gasteiger partial charge in [-0.25, -0.2) is 4.79 Å². The van der Waals surface area contributed by atoms with E-state index in [1.54, 1.807) is 0 Å². The molecular formula is CH6NaO3P. The van der Waals surface area contributed by atoms with E-state index in [-0.39, 0.29) is 39.5 Å². The summed E-state index contributed by atoms with van der Waals surface area (Å²) in [6, 6.07) is 0. The minimum atomic E-state index is -1.83. The van der Waals surface area contributed by atoms with Gasteiger partial charge in [-0.15, -0.1) is 0 Å². The van der Waals surface area contributed by atoms with Gasteiger partial charge in [0.2, 0.25) is 0 Å². The van der Waals surface area contributed by atoms with E-state index < -0.39 is 6.16 Å². The Balaban J connectivity index is -0.0000000450. The molecule has 0 bridgehead atoms. The van der Waals surface area contributed by atoms with Crippen LogP contribution < -0.4 is 0 Å². The quantitative estimate of drug-likeness (QED) is 0.338. The van der Waals surface area contributed by atoms with Gasteiger partial charge >= 0.3 is 35.7 Å². The Morgan fingerprint density at radius 1 is 1.33 bits per heavy atom. The molecule has 0 aliphatic rings. The summed E-state index contributed by atoms with van der Waals surface area (Å²) in [4.78, 5) is 8.56. The van der Waals surface area contributed by atoms with Crippen LogP contribution in [0.4, 0.5) is 4.79 Å². The van der Waals surface area contributed by atoms with Crippen LogP contribution in [0.1, 0.15) is 0 Å². The van der Waals surface area contributed by atoms with E-state index >= 15 is 0 Å². The maximum atomic E-state index is 8.56. The summed E-state index contributed by atoms with van der Waals surface area (Å²) in [6.07, 6.45) is -1.83. The number of carboxylic acid groups (broad SMARTS) is 2. The molecule has 0 aliphatic carbocycles. The molecule has 1 unspecified atom stereocenters. The van der Waals surface area contributed by atoms with Crippen LogP contribution in [0.5, 0.6) is 0 Å². The zero-order chi connectivity index (χ0) is 3.58. The minimum absolute atomic E-state index is 0. The summed E-state index contributed by atoms with van der Waals surface area (Å²) in [5.74, 6) is 0. The second-order valence-corrected chi connectivity index (χ2v) is 0.283. The fourth-order valence-electron chi connectivity index (χ4n) is 0. The Hall–Kier alpha value is 0.700. The molecule has 1 atom stereocenters. The molecule has 5 heteroatoms. The molecule has 2 N–H and O–H groups in total. The normalized spacial score (nSPS) is 4.00. The molecule has 3 nitrogen and oxygen atoms in total. The van der Waals surface area contributed by atoms with Crippen LogP contribution >= 0.6 is 9.90 Å². The first-order valence-corrected chi connectivity index (χ1v) is 0.651. The van der Waals surface area contributed by atoms with Crippen molar-refractivity contribution in [1.29, 1.82) is 0 Å². The molecule has 0 amide bonds. The van der Waals surface area contributed by atoms with Gasteiger partial charge in [0, 0.05) is 0 Å². The van der Waals surface area contributed by atoms with Crippen molar-refractivity contribution < 1.29 is 15.0 Å². The first-order chi connectivity index (χ1) is 1.73. The Kier molecular flexibility index (Phi) is 24.4. The Labute approximate surface area is 60.7 Å². The summed E-state index contributed by atoms with van der Waals surface area (Å²) in [5, 5.41) is 13.9. The van der Waals surface area contributed by atoms with E-state index in [1.807, 2.05) is 0 Å². The summed E-state index contributed by atoms with van der Waals surface area (Å²) < 4.78 is 0. The third kappa shape index (κ3) is 131. The van der Waals surface area contributed by atoms with E-state index in [1.165, 1.54) is 0 Å². The van der Waals surface area contributed by atoms with Crippen LogP contribution in [-0.4, -0.2) is 45.9 Å². The molecule has 0 saturated heterocycles. The van der Waals surface area contributed by atoms with Crippen molar-refractivity contribution >= 4 is 45.6 Å². The zero-order valence-corrected chi connectivity index (χ0v) is 3.92. The van der Waals surface area contributed by atoms with Crippen LogP contribution in [0, 0.1) is 0 Å². The predicted octanol–water partition coefficient (Wildman–Crippen LogP) is -0.368. The SMILES string of the molecule is O=C(O)O.P.[NaH]. The van der Waals surface area contributed by atoms with Crippen LogP contribution in [0.25, 0.3) is 0 Å². The Morgan fingerprint density at radius 2 is 1.33 bits per heavy atom. The molecule has 0 aromatic heterocycles. The average molecular weight is 120 g/mol. The Bertz CT molecular complexity index is 33.8. The number of rotatable bonds is 0. The van der Waals surface area contributed by atoms with Crippen LogP contribution in [0.15, 0.2) is 0 Å². The first kappa shape index (κ1) is 15.9. The van der Waals surface area contributed by atoms with Crippen molar-refractivity contribution in [3.05, 3.63) is 0 Å². The van der Waals surface area contributed by atoms with Crippen LogP contribution in [-0.2, 0) is 0 Å².